The Hall–Kier alpha value is -2.87. The summed E-state index contributed by atoms with van der Waals surface area (Å²) < 4.78 is 63.5. The summed E-state index contributed by atoms with van der Waals surface area (Å²) in [5.41, 5.74) is 8.68. The molecule has 1 rings (SSSR count). The van der Waals surface area contributed by atoms with Crippen molar-refractivity contribution in [2.45, 2.75) is 72.0 Å². The number of carbonyl (C=O) groups is 3. The molecule has 0 saturated carbocycles. The van der Waals surface area contributed by atoms with Gasteiger partial charge in [0.1, 0.15) is 0 Å². The minimum absolute atomic E-state index is 0.00378. The standard InChI is InChI=1S/C19H33N3O.2C2HF3O2/c1-14(2)22(6)18(23)17(20)11-15-7-9-16(10-8-15)12-21-13-19(3,4)5;2*3-2(4,5)1(6)7/h7-10,14,17,21H,11-13,20H2,1-6H3;2*(H,6,7). The summed E-state index contributed by atoms with van der Waals surface area (Å²) in [5, 5.41) is 17.7. The lowest BCUT2D eigenvalue weighted by molar-refractivity contribution is -0.193. The van der Waals surface area contributed by atoms with Crippen molar-refractivity contribution in [1.29, 1.82) is 0 Å². The molecule has 0 radical (unpaired) electrons. The molecule has 1 aromatic rings. The van der Waals surface area contributed by atoms with Crippen molar-refractivity contribution in [3.63, 3.8) is 0 Å². The van der Waals surface area contributed by atoms with Crippen molar-refractivity contribution < 1.29 is 50.9 Å². The number of carbonyl (C=O) groups excluding carboxylic acids is 1. The van der Waals surface area contributed by atoms with Crippen molar-refractivity contribution in [3.05, 3.63) is 35.4 Å². The predicted molar refractivity (Wildman–Crippen MR) is 125 cm³/mol. The van der Waals surface area contributed by atoms with Gasteiger partial charge in [0.05, 0.1) is 6.04 Å². The second-order valence-electron chi connectivity index (χ2n) is 9.44. The number of hydrogen-bond acceptors (Lipinski definition) is 5. The van der Waals surface area contributed by atoms with Gasteiger partial charge in [-0.25, -0.2) is 9.59 Å². The molecule has 1 unspecified atom stereocenters. The molecule has 37 heavy (non-hydrogen) atoms. The average molecular weight is 548 g/mol. The summed E-state index contributed by atoms with van der Waals surface area (Å²) in [6.07, 6.45) is -9.59. The third-order valence-electron chi connectivity index (χ3n) is 4.39. The maximum atomic E-state index is 12.2. The lowest BCUT2D eigenvalue weighted by atomic mass is 9.97. The lowest BCUT2D eigenvalue weighted by Crippen LogP contribution is -2.45. The van der Waals surface area contributed by atoms with Gasteiger partial charge in [0.15, 0.2) is 0 Å². The Morgan fingerprint density at radius 2 is 1.24 bits per heavy atom. The highest BCUT2D eigenvalue weighted by Gasteiger charge is 2.38. The number of carboxylic acid groups (broad SMARTS) is 2. The summed E-state index contributed by atoms with van der Waals surface area (Å²) in [4.78, 5) is 31.7. The molecule has 0 fully saturated rings. The average Bonchev–Trinajstić information content (AvgIpc) is 2.72. The Bertz CT molecular complexity index is 826. The van der Waals surface area contributed by atoms with E-state index in [1.165, 1.54) is 5.56 Å². The topological polar surface area (TPSA) is 133 Å². The summed E-state index contributed by atoms with van der Waals surface area (Å²) in [6.45, 7) is 12.5. The van der Waals surface area contributed by atoms with E-state index < -0.39 is 30.3 Å². The summed E-state index contributed by atoms with van der Waals surface area (Å²) >= 11 is 0. The van der Waals surface area contributed by atoms with E-state index in [1.54, 1.807) is 11.9 Å². The first kappa shape index (κ1) is 36.3. The number of nitrogens with two attached hydrogens (primary N) is 1. The zero-order valence-corrected chi connectivity index (χ0v) is 21.5. The first-order valence-electron chi connectivity index (χ1n) is 10.9. The SMILES string of the molecule is CC(C)N(C)C(=O)C(N)Cc1ccc(CNCC(C)(C)C)cc1.O=C(O)C(F)(F)F.O=C(O)C(F)(F)F. The van der Waals surface area contributed by atoms with Crippen LogP contribution in [0.5, 0.6) is 0 Å². The fourth-order valence-corrected chi connectivity index (χ4v) is 2.23. The maximum Gasteiger partial charge on any atom is 0.490 e. The molecule has 0 aliphatic carbocycles. The fourth-order valence-electron chi connectivity index (χ4n) is 2.23. The summed E-state index contributed by atoms with van der Waals surface area (Å²) in [7, 11) is 1.80. The Balaban J connectivity index is 0. The van der Waals surface area contributed by atoms with E-state index in [2.05, 4.69) is 50.4 Å². The molecular formula is C23H35F6N3O5. The van der Waals surface area contributed by atoms with Crippen molar-refractivity contribution in [2.75, 3.05) is 13.6 Å². The van der Waals surface area contributed by atoms with Gasteiger partial charge >= 0.3 is 24.3 Å². The summed E-state index contributed by atoms with van der Waals surface area (Å²) in [6, 6.07) is 8.03. The fraction of sp³-hybridized carbons (Fsp3) is 0.609. The molecule has 0 heterocycles. The highest BCUT2D eigenvalue weighted by molar-refractivity contribution is 5.82. The molecule has 214 valence electrons. The number of nitrogens with zero attached hydrogens (tertiary/aromatic N) is 1. The number of hydrogen-bond donors (Lipinski definition) is 4. The highest BCUT2D eigenvalue weighted by atomic mass is 19.4. The van der Waals surface area contributed by atoms with E-state index >= 15 is 0 Å². The first-order chi connectivity index (χ1) is 16.5. The molecule has 8 nitrogen and oxygen atoms in total. The van der Waals surface area contributed by atoms with Crippen LogP contribution in [0, 0.1) is 5.41 Å². The van der Waals surface area contributed by atoms with Gasteiger partial charge in [0.25, 0.3) is 0 Å². The molecule has 1 aromatic carbocycles. The molecule has 0 aliphatic rings. The lowest BCUT2D eigenvalue weighted by Gasteiger charge is -2.25. The number of benzene rings is 1. The Kier molecular flexibility index (Phi) is 15.1. The van der Waals surface area contributed by atoms with E-state index in [0.29, 0.717) is 6.42 Å². The molecule has 5 N–H and O–H groups in total. The first-order valence-corrected chi connectivity index (χ1v) is 10.9. The Morgan fingerprint density at radius 1 is 0.892 bits per heavy atom. The van der Waals surface area contributed by atoms with Gasteiger partial charge in [0.2, 0.25) is 5.91 Å². The van der Waals surface area contributed by atoms with Crippen molar-refractivity contribution in [1.82, 2.24) is 10.2 Å². The molecule has 0 aromatic heterocycles. The van der Waals surface area contributed by atoms with E-state index in [1.807, 2.05) is 13.8 Å². The highest BCUT2D eigenvalue weighted by Crippen LogP contribution is 2.14. The van der Waals surface area contributed by atoms with Gasteiger partial charge in [-0.3, -0.25) is 4.79 Å². The zero-order chi connectivity index (χ0) is 29.8. The van der Waals surface area contributed by atoms with Crippen molar-refractivity contribution >= 4 is 17.8 Å². The van der Waals surface area contributed by atoms with Crippen LogP contribution in [0.3, 0.4) is 0 Å². The number of aliphatic carboxylic acids is 2. The van der Waals surface area contributed by atoms with Crippen LogP contribution in [-0.4, -0.2) is 71.0 Å². The number of nitrogens with one attached hydrogen (secondary N) is 1. The molecule has 0 spiro atoms. The van der Waals surface area contributed by atoms with Crippen LogP contribution in [0.1, 0.15) is 45.7 Å². The van der Waals surface area contributed by atoms with Gasteiger partial charge in [-0.05, 0) is 36.8 Å². The minimum atomic E-state index is -5.08. The number of amides is 1. The number of alkyl halides is 6. The zero-order valence-electron chi connectivity index (χ0n) is 21.5. The van der Waals surface area contributed by atoms with Gasteiger partial charge in [-0.2, -0.15) is 26.3 Å². The van der Waals surface area contributed by atoms with Crippen LogP contribution in [0.4, 0.5) is 26.3 Å². The van der Waals surface area contributed by atoms with Crippen LogP contribution in [-0.2, 0) is 27.3 Å². The number of halogens is 6. The van der Waals surface area contributed by atoms with Gasteiger partial charge < -0.3 is 26.2 Å². The third kappa shape index (κ3) is 18.1. The number of likely N-dealkylation sites (N-methyl/N-ethyl adjacent to an activating group) is 1. The second kappa shape index (κ2) is 15.4. The Labute approximate surface area is 211 Å². The monoisotopic (exact) mass is 547 g/mol. The van der Waals surface area contributed by atoms with E-state index in [4.69, 9.17) is 25.5 Å². The third-order valence-corrected chi connectivity index (χ3v) is 4.39. The largest absolute Gasteiger partial charge is 0.490 e. The van der Waals surface area contributed by atoms with Crippen LogP contribution in [0.15, 0.2) is 24.3 Å². The van der Waals surface area contributed by atoms with E-state index in [-0.39, 0.29) is 17.4 Å². The molecule has 0 aliphatic heterocycles. The van der Waals surface area contributed by atoms with Crippen LogP contribution in [0.25, 0.3) is 0 Å². The van der Waals surface area contributed by atoms with Crippen LogP contribution in [0.2, 0.25) is 0 Å². The molecule has 14 heteroatoms. The quantitative estimate of drug-likeness (QED) is 0.382. The summed E-state index contributed by atoms with van der Waals surface area (Å²) in [5.74, 6) is -5.52. The van der Waals surface area contributed by atoms with E-state index in [0.717, 1.165) is 18.7 Å². The van der Waals surface area contributed by atoms with Gasteiger partial charge in [-0.1, -0.05) is 45.0 Å². The van der Waals surface area contributed by atoms with Gasteiger partial charge in [-0.15, -0.1) is 0 Å². The molecule has 0 bridgehead atoms. The van der Waals surface area contributed by atoms with Gasteiger partial charge in [0, 0.05) is 26.2 Å². The van der Waals surface area contributed by atoms with E-state index in [9.17, 15) is 31.1 Å². The Morgan fingerprint density at radius 3 is 1.54 bits per heavy atom. The molecule has 1 atom stereocenters. The normalized spacial score (nSPS) is 12.5. The maximum absolute atomic E-state index is 12.2. The molecule has 0 saturated heterocycles. The number of rotatable bonds is 7. The van der Waals surface area contributed by atoms with Crippen LogP contribution >= 0.6 is 0 Å². The second-order valence-corrected chi connectivity index (χ2v) is 9.44. The van der Waals surface area contributed by atoms with Crippen molar-refractivity contribution in [3.8, 4) is 0 Å². The van der Waals surface area contributed by atoms with Crippen LogP contribution < -0.4 is 11.1 Å². The minimum Gasteiger partial charge on any atom is -0.475 e. The van der Waals surface area contributed by atoms with Crippen molar-refractivity contribution in [2.24, 2.45) is 11.1 Å². The molecule has 1 amide bonds. The molecular weight excluding hydrogens is 512 g/mol. The predicted octanol–water partition coefficient (Wildman–Crippen LogP) is 3.83. The smallest absolute Gasteiger partial charge is 0.475 e. The number of carboxylic acids is 2.